The van der Waals surface area contributed by atoms with Gasteiger partial charge >= 0.3 is 0 Å². The molecule has 0 aliphatic heterocycles. The van der Waals surface area contributed by atoms with Crippen LogP contribution in [-0.2, 0) is 16.1 Å². The predicted molar refractivity (Wildman–Crippen MR) is 95.2 cm³/mol. The molecule has 1 amide bonds. The number of methoxy groups -OCH3 is 1. The van der Waals surface area contributed by atoms with Gasteiger partial charge in [0.2, 0.25) is 5.91 Å². The highest BCUT2D eigenvalue weighted by molar-refractivity contribution is 5.96. The Morgan fingerprint density at radius 2 is 2.09 bits per heavy atom. The van der Waals surface area contributed by atoms with E-state index in [0.717, 1.165) is 24.0 Å². The maximum absolute atomic E-state index is 11.8. The SMILES string of the molecule is CCCn1ccc2cc(NC(=O)C(N)COC)ccc21.Cl.Cl. The van der Waals surface area contributed by atoms with E-state index in [9.17, 15) is 4.79 Å². The van der Waals surface area contributed by atoms with E-state index in [2.05, 4.69) is 29.1 Å². The van der Waals surface area contributed by atoms with Crippen molar-refractivity contribution in [3.05, 3.63) is 30.5 Å². The molecular weight excluding hydrogens is 325 g/mol. The molecule has 0 saturated heterocycles. The number of hydrogen-bond acceptors (Lipinski definition) is 3. The fraction of sp³-hybridized carbons (Fsp3) is 0.400. The van der Waals surface area contributed by atoms with Crippen LogP contribution in [0.4, 0.5) is 5.69 Å². The molecule has 0 spiro atoms. The van der Waals surface area contributed by atoms with Crippen LogP contribution in [0.5, 0.6) is 0 Å². The van der Waals surface area contributed by atoms with Crippen molar-refractivity contribution in [2.24, 2.45) is 5.73 Å². The summed E-state index contributed by atoms with van der Waals surface area (Å²) in [7, 11) is 1.52. The Bertz CT molecular complexity index is 601. The zero-order valence-electron chi connectivity index (χ0n) is 12.7. The van der Waals surface area contributed by atoms with Gasteiger partial charge in [0, 0.05) is 36.4 Å². The Hall–Kier alpha value is -1.27. The number of amides is 1. The van der Waals surface area contributed by atoms with Crippen molar-refractivity contribution in [3.63, 3.8) is 0 Å². The second-order valence-electron chi connectivity index (χ2n) is 4.83. The van der Waals surface area contributed by atoms with Crippen molar-refractivity contribution in [2.45, 2.75) is 25.9 Å². The van der Waals surface area contributed by atoms with Crippen LogP contribution in [0.15, 0.2) is 30.5 Å². The number of carbonyl (C=O) groups excluding carboxylic acids is 1. The predicted octanol–water partition coefficient (Wildman–Crippen LogP) is 2.81. The molecule has 1 aromatic carbocycles. The summed E-state index contributed by atoms with van der Waals surface area (Å²) in [6.45, 7) is 3.35. The van der Waals surface area contributed by atoms with E-state index in [1.807, 2.05) is 18.2 Å². The summed E-state index contributed by atoms with van der Waals surface area (Å²) in [6.07, 6.45) is 3.16. The second kappa shape index (κ2) is 9.69. The molecule has 0 aliphatic rings. The summed E-state index contributed by atoms with van der Waals surface area (Å²) in [5, 5.41) is 3.91. The summed E-state index contributed by atoms with van der Waals surface area (Å²) < 4.78 is 7.08. The highest BCUT2D eigenvalue weighted by Gasteiger charge is 2.13. The first kappa shape index (κ1) is 20.7. The monoisotopic (exact) mass is 347 g/mol. The minimum atomic E-state index is -0.652. The number of nitrogens with two attached hydrogens (primary N) is 1. The van der Waals surface area contributed by atoms with Crippen molar-refractivity contribution < 1.29 is 9.53 Å². The summed E-state index contributed by atoms with van der Waals surface area (Å²) >= 11 is 0. The van der Waals surface area contributed by atoms with Crippen LogP contribution in [0.25, 0.3) is 10.9 Å². The van der Waals surface area contributed by atoms with E-state index in [-0.39, 0.29) is 37.3 Å². The van der Waals surface area contributed by atoms with Gasteiger partial charge < -0.3 is 20.4 Å². The van der Waals surface area contributed by atoms with Crippen molar-refractivity contribution in [3.8, 4) is 0 Å². The number of halogens is 2. The number of nitrogens with one attached hydrogen (secondary N) is 1. The van der Waals surface area contributed by atoms with Gasteiger partial charge in [0.25, 0.3) is 0 Å². The summed E-state index contributed by atoms with van der Waals surface area (Å²) in [6, 6.07) is 7.27. The van der Waals surface area contributed by atoms with Gasteiger partial charge in [0.1, 0.15) is 6.04 Å². The Morgan fingerprint density at radius 3 is 2.73 bits per heavy atom. The molecule has 0 aliphatic carbocycles. The molecule has 7 heteroatoms. The Labute approximate surface area is 143 Å². The third-order valence-electron chi connectivity index (χ3n) is 3.19. The van der Waals surface area contributed by atoms with Crippen molar-refractivity contribution in [1.82, 2.24) is 4.57 Å². The molecule has 2 aromatic rings. The van der Waals surface area contributed by atoms with E-state index in [0.29, 0.717) is 0 Å². The average Bonchev–Trinajstić information content (AvgIpc) is 2.82. The Morgan fingerprint density at radius 1 is 1.36 bits per heavy atom. The van der Waals surface area contributed by atoms with Gasteiger partial charge in [-0.05, 0) is 30.7 Å². The molecular formula is C15H23Cl2N3O2. The van der Waals surface area contributed by atoms with Gasteiger partial charge in [-0.2, -0.15) is 0 Å². The quantitative estimate of drug-likeness (QED) is 0.843. The van der Waals surface area contributed by atoms with Gasteiger partial charge in [-0.15, -0.1) is 24.8 Å². The topological polar surface area (TPSA) is 69.3 Å². The average molecular weight is 348 g/mol. The maximum atomic E-state index is 11.8. The molecule has 1 atom stereocenters. The van der Waals surface area contributed by atoms with Gasteiger partial charge in [-0.3, -0.25) is 4.79 Å². The lowest BCUT2D eigenvalue weighted by Gasteiger charge is -2.11. The molecule has 1 aromatic heterocycles. The number of carbonyl (C=O) groups is 1. The number of ether oxygens (including phenoxy) is 1. The summed E-state index contributed by atoms with van der Waals surface area (Å²) in [5.41, 5.74) is 7.62. The lowest BCUT2D eigenvalue weighted by atomic mass is 10.2. The summed E-state index contributed by atoms with van der Waals surface area (Å²) in [4.78, 5) is 11.8. The third kappa shape index (κ3) is 4.88. The number of benzene rings is 1. The number of aromatic nitrogens is 1. The van der Waals surface area contributed by atoms with Crippen molar-refractivity contribution in [2.75, 3.05) is 19.0 Å². The number of aryl methyl sites for hydroxylation is 1. The molecule has 0 saturated carbocycles. The van der Waals surface area contributed by atoms with Crippen molar-refractivity contribution in [1.29, 1.82) is 0 Å². The maximum Gasteiger partial charge on any atom is 0.243 e. The molecule has 1 heterocycles. The molecule has 22 heavy (non-hydrogen) atoms. The molecule has 1 unspecified atom stereocenters. The zero-order chi connectivity index (χ0) is 14.5. The standard InChI is InChI=1S/C15H21N3O2.2ClH/c1-3-7-18-8-6-11-9-12(4-5-14(11)18)17-15(19)13(16)10-20-2;;/h4-6,8-9,13H,3,7,10,16H2,1-2H3,(H,17,19);2*1H. The normalized spacial score (nSPS) is 11.4. The van der Waals surface area contributed by atoms with E-state index < -0.39 is 6.04 Å². The Kier molecular flexibility index (Phi) is 9.13. The smallest absolute Gasteiger partial charge is 0.243 e. The molecule has 0 fully saturated rings. The molecule has 0 bridgehead atoms. The fourth-order valence-electron chi connectivity index (χ4n) is 2.20. The minimum absolute atomic E-state index is 0. The lowest BCUT2D eigenvalue weighted by Crippen LogP contribution is -2.39. The molecule has 5 nitrogen and oxygen atoms in total. The van der Waals surface area contributed by atoms with Crippen LogP contribution in [0.3, 0.4) is 0 Å². The van der Waals surface area contributed by atoms with Gasteiger partial charge in [-0.1, -0.05) is 6.92 Å². The zero-order valence-corrected chi connectivity index (χ0v) is 14.4. The van der Waals surface area contributed by atoms with Gasteiger partial charge in [0.15, 0.2) is 0 Å². The van der Waals surface area contributed by atoms with Crippen LogP contribution < -0.4 is 11.1 Å². The molecule has 124 valence electrons. The lowest BCUT2D eigenvalue weighted by molar-refractivity contribution is -0.118. The second-order valence-corrected chi connectivity index (χ2v) is 4.83. The first-order valence-electron chi connectivity index (χ1n) is 6.80. The number of hydrogen-bond donors (Lipinski definition) is 2. The third-order valence-corrected chi connectivity index (χ3v) is 3.19. The first-order chi connectivity index (χ1) is 9.65. The fourth-order valence-corrected chi connectivity index (χ4v) is 2.20. The molecule has 0 radical (unpaired) electrons. The van der Waals surface area contributed by atoms with Gasteiger partial charge in [0.05, 0.1) is 6.61 Å². The van der Waals surface area contributed by atoms with E-state index in [4.69, 9.17) is 10.5 Å². The Balaban J connectivity index is 0.00000220. The first-order valence-corrected chi connectivity index (χ1v) is 6.80. The number of fused-ring (bicyclic) bond motifs is 1. The van der Waals surface area contributed by atoms with Crippen LogP contribution in [-0.4, -0.2) is 30.2 Å². The van der Waals surface area contributed by atoms with Crippen LogP contribution in [0.2, 0.25) is 0 Å². The highest BCUT2D eigenvalue weighted by Crippen LogP contribution is 2.21. The summed E-state index contributed by atoms with van der Waals surface area (Å²) in [5.74, 6) is -0.237. The van der Waals surface area contributed by atoms with Gasteiger partial charge in [-0.25, -0.2) is 0 Å². The van der Waals surface area contributed by atoms with Crippen LogP contribution in [0.1, 0.15) is 13.3 Å². The molecule has 3 N–H and O–H groups in total. The molecule has 2 rings (SSSR count). The number of nitrogens with zero attached hydrogens (tertiary/aromatic N) is 1. The van der Waals surface area contributed by atoms with Crippen LogP contribution in [0, 0.1) is 0 Å². The number of anilines is 1. The largest absolute Gasteiger partial charge is 0.383 e. The highest BCUT2D eigenvalue weighted by atomic mass is 35.5. The van der Waals surface area contributed by atoms with Crippen LogP contribution >= 0.6 is 24.8 Å². The van der Waals surface area contributed by atoms with Crippen molar-refractivity contribution >= 4 is 47.3 Å². The van der Waals surface area contributed by atoms with E-state index in [1.54, 1.807) is 0 Å². The van der Waals surface area contributed by atoms with E-state index in [1.165, 1.54) is 12.6 Å². The van der Waals surface area contributed by atoms with E-state index >= 15 is 0 Å². The minimum Gasteiger partial charge on any atom is -0.383 e. The number of rotatable bonds is 6.